The molecule has 2 fully saturated rings. The molecule has 0 radical (unpaired) electrons. The molecular formula is C36H52ClN3O9S. The van der Waals surface area contributed by atoms with Crippen molar-refractivity contribution in [2.45, 2.75) is 96.1 Å². The number of carbonyl (C=O) groups is 3. The van der Waals surface area contributed by atoms with Crippen LogP contribution in [0.1, 0.15) is 58.9 Å². The van der Waals surface area contributed by atoms with Crippen LogP contribution in [0.5, 0.6) is 5.75 Å². The molecule has 1 aromatic rings. The van der Waals surface area contributed by atoms with Gasteiger partial charge in [-0.15, -0.1) is 0 Å². The highest BCUT2D eigenvalue weighted by atomic mass is 35.5. The Morgan fingerprint density at radius 3 is 2.62 bits per heavy atom. The number of rotatable bonds is 7. The van der Waals surface area contributed by atoms with Gasteiger partial charge in [0.1, 0.15) is 41.4 Å². The van der Waals surface area contributed by atoms with E-state index in [2.05, 4.69) is 17.9 Å². The lowest BCUT2D eigenvalue weighted by Gasteiger charge is -2.42. The third kappa shape index (κ3) is 8.55. The summed E-state index contributed by atoms with van der Waals surface area (Å²) in [5, 5.41) is 26.4. The summed E-state index contributed by atoms with van der Waals surface area (Å²) in [5.41, 5.74) is -0.0274. The van der Waals surface area contributed by atoms with Gasteiger partial charge in [0.15, 0.2) is 5.72 Å². The van der Waals surface area contributed by atoms with E-state index in [9.17, 15) is 24.6 Å². The van der Waals surface area contributed by atoms with Crippen molar-refractivity contribution in [3.8, 4) is 5.75 Å². The number of amides is 2. The number of likely N-dealkylation sites (N-methyl/N-ethyl adjacent to an activating group) is 1. The quantitative estimate of drug-likeness (QED) is 0.233. The van der Waals surface area contributed by atoms with Gasteiger partial charge in [0.05, 0.1) is 12.8 Å². The lowest BCUT2D eigenvalue weighted by Crippen LogP contribution is -2.63. The van der Waals surface area contributed by atoms with Crippen molar-refractivity contribution in [1.29, 1.82) is 0 Å². The van der Waals surface area contributed by atoms with E-state index in [4.69, 9.17) is 30.5 Å². The molecule has 50 heavy (non-hydrogen) atoms. The SMILES string of the molecule is COc1cc2cc(c1Cl)N(C)C(O)C[C@H](OC(=O)[C@H](C)N(C)C(=O)CCS)[C@@]1(C)C[C@H]1[C@H](C)[C@@H]1C[C@@](O)(NC(=O)O1)[C@H](OC)/C=C/C=C(\C)C2. The van der Waals surface area contributed by atoms with Gasteiger partial charge in [-0.1, -0.05) is 49.2 Å². The zero-order valence-corrected chi connectivity index (χ0v) is 31.8. The number of anilines is 1. The fraction of sp³-hybridized carbons (Fsp3) is 0.639. The van der Waals surface area contributed by atoms with Crippen LogP contribution in [0.3, 0.4) is 0 Å². The number of esters is 1. The number of aliphatic hydroxyl groups is 2. The van der Waals surface area contributed by atoms with Crippen molar-refractivity contribution in [3.05, 3.63) is 46.5 Å². The average molecular weight is 738 g/mol. The fourth-order valence-electron chi connectivity index (χ4n) is 7.18. The van der Waals surface area contributed by atoms with Crippen LogP contribution in [0, 0.1) is 17.3 Å². The highest BCUT2D eigenvalue weighted by molar-refractivity contribution is 7.80. The molecular weight excluding hydrogens is 686 g/mol. The van der Waals surface area contributed by atoms with Gasteiger partial charge in [0, 0.05) is 45.9 Å². The van der Waals surface area contributed by atoms with E-state index in [-0.39, 0.29) is 37.0 Å². The lowest BCUT2D eigenvalue weighted by atomic mass is 9.83. The number of alkyl carbamates (subject to hydrolysis) is 1. The number of fused-ring (bicyclic) bond motifs is 5. The molecule has 0 aromatic heterocycles. The van der Waals surface area contributed by atoms with Gasteiger partial charge < -0.3 is 39.0 Å². The van der Waals surface area contributed by atoms with Crippen LogP contribution in [-0.4, -0.2) is 103 Å². The number of halogens is 1. The summed E-state index contributed by atoms with van der Waals surface area (Å²) >= 11 is 10.9. The zero-order valence-electron chi connectivity index (χ0n) is 30.1. The lowest BCUT2D eigenvalue weighted by molar-refractivity contribution is -0.163. The van der Waals surface area contributed by atoms with E-state index in [1.54, 1.807) is 38.1 Å². The number of hydrogen-bond donors (Lipinski definition) is 4. The van der Waals surface area contributed by atoms with Crippen LogP contribution in [0.25, 0.3) is 0 Å². The number of nitrogens with one attached hydrogen (secondary N) is 1. The van der Waals surface area contributed by atoms with Gasteiger partial charge in [-0.2, -0.15) is 12.6 Å². The van der Waals surface area contributed by atoms with E-state index in [1.165, 1.54) is 19.1 Å². The number of benzene rings is 1. The Hall–Kier alpha value is -2.97. The van der Waals surface area contributed by atoms with Crippen LogP contribution in [0.15, 0.2) is 35.9 Å². The maximum absolute atomic E-state index is 13.6. The zero-order chi connectivity index (χ0) is 37.1. The smallest absolute Gasteiger partial charge is 0.409 e. The Morgan fingerprint density at radius 1 is 1.28 bits per heavy atom. The van der Waals surface area contributed by atoms with E-state index < -0.39 is 53.8 Å². The number of thiol groups is 1. The third-order valence-corrected chi connectivity index (χ3v) is 11.3. The first kappa shape index (κ1) is 39.8. The molecule has 9 atom stereocenters. The Morgan fingerprint density at radius 2 is 1.98 bits per heavy atom. The van der Waals surface area contributed by atoms with Crippen molar-refractivity contribution < 1.29 is 43.5 Å². The van der Waals surface area contributed by atoms with Crippen LogP contribution in [-0.2, 0) is 30.2 Å². The van der Waals surface area contributed by atoms with Gasteiger partial charge in [0.2, 0.25) is 5.91 Å². The molecule has 278 valence electrons. The second-order valence-corrected chi connectivity index (χ2v) is 15.0. The number of allylic oxidation sites excluding steroid dienone is 3. The molecule has 1 unspecified atom stereocenters. The summed E-state index contributed by atoms with van der Waals surface area (Å²) in [6.45, 7) is 7.47. The van der Waals surface area contributed by atoms with E-state index in [1.807, 2.05) is 39.0 Å². The van der Waals surface area contributed by atoms with Gasteiger partial charge in [0.25, 0.3) is 0 Å². The molecule has 4 bridgehead atoms. The van der Waals surface area contributed by atoms with E-state index in [0.717, 1.165) is 11.1 Å². The molecule has 1 saturated heterocycles. The maximum atomic E-state index is 13.6. The minimum atomic E-state index is -1.75. The van der Waals surface area contributed by atoms with Gasteiger partial charge >= 0.3 is 12.1 Å². The monoisotopic (exact) mass is 737 g/mol. The number of methoxy groups -OCH3 is 2. The minimum absolute atomic E-state index is 0.0103. The Labute approximate surface area is 305 Å². The second-order valence-electron chi connectivity index (χ2n) is 14.1. The predicted molar refractivity (Wildman–Crippen MR) is 193 cm³/mol. The van der Waals surface area contributed by atoms with Gasteiger partial charge in [-0.25, -0.2) is 9.59 Å². The molecule has 14 heteroatoms. The number of aliphatic hydroxyl groups excluding tert-OH is 1. The number of hydrogen-bond acceptors (Lipinski definition) is 11. The highest BCUT2D eigenvalue weighted by Gasteiger charge is 2.62. The molecule has 1 aromatic carbocycles. The van der Waals surface area contributed by atoms with Crippen LogP contribution in [0.2, 0.25) is 5.02 Å². The first-order valence-electron chi connectivity index (χ1n) is 16.9. The van der Waals surface area contributed by atoms with Crippen molar-refractivity contribution >= 4 is 47.9 Å². The van der Waals surface area contributed by atoms with E-state index >= 15 is 0 Å². The third-order valence-electron chi connectivity index (χ3n) is 10.7. The minimum Gasteiger partial charge on any atom is -0.495 e. The maximum Gasteiger partial charge on any atom is 0.409 e. The molecule has 2 amide bonds. The molecule has 1 aliphatic carbocycles. The highest BCUT2D eigenvalue weighted by Crippen LogP contribution is 2.61. The summed E-state index contributed by atoms with van der Waals surface area (Å²) in [6.07, 6.45) is 2.40. The molecule has 2 aliphatic heterocycles. The van der Waals surface area contributed by atoms with Crippen molar-refractivity contribution in [1.82, 2.24) is 10.2 Å². The number of nitrogens with zero attached hydrogens (tertiary/aromatic N) is 2. The molecule has 3 N–H and O–H groups in total. The summed E-state index contributed by atoms with van der Waals surface area (Å²) < 4.78 is 23.2. The van der Waals surface area contributed by atoms with Crippen molar-refractivity contribution in [3.63, 3.8) is 0 Å². The number of carbonyl (C=O) groups excluding carboxylic acids is 3. The summed E-state index contributed by atoms with van der Waals surface area (Å²) in [6, 6.07) is 2.83. The summed E-state index contributed by atoms with van der Waals surface area (Å²) in [4.78, 5) is 42.0. The number of ether oxygens (including phenoxy) is 4. The Bertz CT molecular complexity index is 1490. The molecule has 3 aliphatic rings. The molecule has 12 nitrogen and oxygen atoms in total. The Balaban J connectivity index is 1.77. The topological polar surface area (TPSA) is 147 Å². The van der Waals surface area contributed by atoms with Crippen molar-refractivity contribution in [2.24, 2.45) is 17.3 Å². The van der Waals surface area contributed by atoms with Gasteiger partial charge in [-0.3, -0.25) is 10.1 Å². The molecule has 2 heterocycles. The normalized spacial score (nSPS) is 33.8. The second kappa shape index (κ2) is 16.1. The predicted octanol–water partition coefficient (Wildman–Crippen LogP) is 4.49. The standard InChI is InChI=1S/C36H52ClN3O9S/c1-20-10-9-11-28(47-8)36(45)19-27(48-34(44)38-36)21(2)24-18-35(24,4)29(49-33(43)22(3)39(5)30(41)12-13-50)17-31(42)40(6)25-15-23(14-20)16-26(46-7)32(25)37/h9-11,15-16,21-22,24,27-29,31,42,45,50H,12-14,17-19H2,1-8H3,(H,38,44)/b11-9+,20-10+/t21-,22-,24-,27-,28+,29-,31?,35-,36-/m0/s1. The molecule has 0 spiro atoms. The first-order valence-corrected chi connectivity index (χ1v) is 17.9. The van der Waals surface area contributed by atoms with Crippen LogP contribution < -0.4 is 15.0 Å². The van der Waals surface area contributed by atoms with Gasteiger partial charge in [-0.05, 0) is 62.0 Å². The summed E-state index contributed by atoms with van der Waals surface area (Å²) in [7, 11) is 6.24. The molecule has 1 saturated carbocycles. The summed E-state index contributed by atoms with van der Waals surface area (Å²) in [5.74, 6) is -0.469. The Kier molecular flexibility index (Phi) is 12.9. The first-order chi connectivity index (χ1) is 23.5. The van der Waals surface area contributed by atoms with Crippen molar-refractivity contribution in [2.75, 3.05) is 39.0 Å². The van der Waals surface area contributed by atoms with E-state index in [0.29, 0.717) is 35.1 Å². The molecule has 4 rings (SSSR count). The van der Waals surface area contributed by atoms with Crippen LogP contribution >= 0.6 is 24.2 Å². The fourth-order valence-corrected chi connectivity index (χ4v) is 7.69. The van der Waals surface area contributed by atoms with Crippen LogP contribution in [0.4, 0.5) is 10.5 Å². The largest absolute Gasteiger partial charge is 0.495 e. The average Bonchev–Trinajstić information content (AvgIpc) is 3.76.